The molecule has 0 aliphatic rings. The zero-order chi connectivity index (χ0) is 15.5. The third-order valence-electron chi connectivity index (χ3n) is 2.61. The third kappa shape index (κ3) is 4.00. The van der Waals surface area contributed by atoms with Gasteiger partial charge in [0.25, 0.3) is 0 Å². The van der Waals surface area contributed by atoms with Crippen LogP contribution in [-0.4, -0.2) is 41.0 Å². The van der Waals surface area contributed by atoms with E-state index in [0.717, 1.165) is 0 Å². The van der Waals surface area contributed by atoms with Crippen LogP contribution in [-0.2, 0) is 16.6 Å². The number of benzene rings is 1. The molecule has 2 aromatic rings. The van der Waals surface area contributed by atoms with Crippen molar-refractivity contribution in [2.24, 2.45) is 5.14 Å². The molecule has 10 heteroatoms. The van der Waals surface area contributed by atoms with E-state index < -0.39 is 16.0 Å². The van der Waals surface area contributed by atoms with Gasteiger partial charge in [0, 0.05) is 12.2 Å². The molecule has 0 atom stereocenters. The number of carboxylic acids is 1. The van der Waals surface area contributed by atoms with Crippen molar-refractivity contribution in [3.8, 4) is 0 Å². The van der Waals surface area contributed by atoms with E-state index in [1.165, 1.54) is 23.0 Å². The second-order valence-corrected chi connectivity index (χ2v) is 5.73. The Labute approximate surface area is 120 Å². The lowest BCUT2D eigenvalue weighted by Gasteiger charge is -2.06. The maximum Gasteiger partial charge on any atom is 0.358 e. The number of sulfonamides is 1. The van der Waals surface area contributed by atoms with Gasteiger partial charge in [-0.05, 0) is 24.3 Å². The molecule has 0 amide bonds. The Kier molecular flexibility index (Phi) is 4.19. The fourth-order valence-corrected chi connectivity index (χ4v) is 2.10. The smallest absolute Gasteiger partial charge is 0.358 e. The van der Waals surface area contributed by atoms with E-state index in [1.807, 2.05) is 0 Å². The minimum Gasteiger partial charge on any atom is -0.476 e. The van der Waals surface area contributed by atoms with E-state index >= 15 is 0 Å². The molecular weight excluding hydrogens is 298 g/mol. The van der Waals surface area contributed by atoms with Crippen molar-refractivity contribution in [1.82, 2.24) is 15.0 Å². The fraction of sp³-hybridized carbons (Fsp3) is 0.182. The van der Waals surface area contributed by atoms with Gasteiger partial charge < -0.3 is 10.4 Å². The number of hydrogen-bond acceptors (Lipinski definition) is 6. The minimum absolute atomic E-state index is 0.0374. The molecule has 21 heavy (non-hydrogen) atoms. The van der Waals surface area contributed by atoms with Crippen molar-refractivity contribution >= 4 is 21.7 Å². The van der Waals surface area contributed by atoms with Crippen LogP contribution in [0.25, 0.3) is 0 Å². The lowest BCUT2D eigenvalue weighted by molar-refractivity contribution is 0.0690. The number of nitrogens with zero attached hydrogens (tertiary/aromatic N) is 3. The summed E-state index contributed by atoms with van der Waals surface area (Å²) < 4.78 is 23.6. The molecule has 0 unspecified atom stereocenters. The predicted molar refractivity (Wildman–Crippen MR) is 73.3 cm³/mol. The summed E-state index contributed by atoms with van der Waals surface area (Å²) in [6.45, 7) is 0.883. The minimum atomic E-state index is -3.69. The molecule has 112 valence electrons. The summed E-state index contributed by atoms with van der Waals surface area (Å²) in [6.07, 6.45) is 1.33. The van der Waals surface area contributed by atoms with Crippen LogP contribution in [0.3, 0.4) is 0 Å². The van der Waals surface area contributed by atoms with E-state index in [-0.39, 0.29) is 10.6 Å². The lowest BCUT2D eigenvalue weighted by Crippen LogP contribution is -2.13. The monoisotopic (exact) mass is 311 g/mol. The number of aromatic nitrogens is 3. The molecule has 1 aromatic heterocycles. The summed E-state index contributed by atoms with van der Waals surface area (Å²) in [5, 5.41) is 23.9. The van der Waals surface area contributed by atoms with Crippen molar-refractivity contribution < 1.29 is 18.3 Å². The number of carbonyl (C=O) groups is 1. The second kappa shape index (κ2) is 5.89. The highest BCUT2D eigenvalue weighted by molar-refractivity contribution is 7.89. The van der Waals surface area contributed by atoms with Crippen molar-refractivity contribution in [3.05, 3.63) is 36.2 Å². The first-order valence-corrected chi connectivity index (χ1v) is 7.41. The molecule has 9 nitrogen and oxygen atoms in total. The molecule has 0 bridgehead atoms. The van der Waals surface area contributed by atoms with Crippen LogP contribution < -0.4 is 10.5 Å². The first-order valence-electron chi connectivity index (χ1n) is 5.86. The number of carboxylic acid groups (broad SMARTS) is 1. The molecule has 0 radical (unpaired) electrons. The predicted octanol–water partition coefficient (Wildman–Crippen LogP) is -0.264. The number of hydrogen-bond donors (Lipinski definition) is 3. The molecule has 0 aliphatic carbocycles. The summed E-state index contributed by atoms with van der Waals surface area (Å²) in [5.41, 5.74) is 0.591. The van der Waals surface area contributed by atoms with Gasteiger partial charge >= 0.3 is 5.97 Å². The first-order chi connectivity index (χ1) is 9.86. The summed E-state index contributed by atoms with van der Waals surface area (Å²) in [6, 6.07) is 5.97. The van der Waals surface area contributed by atoms with Gasteiger partial charge in [-0.2, -0.15) is 0 Å². The molecule has 4 N–H and O–H groups in total. The third-order valence-corrected chi connectivity index (χ3v) is 3.54. The van der Waals surface area contributed by atoms with Crippen molar-refractivity contribution in [3.63, 3.8) is 0 Å². The number of aromatic carboxylic acids is 1. The number of nitrogens with one attached hydrogen (secondary N) is 1. The number of nitrogens with two attached hydrogens (primary N) is 1. The topological polar surface area (TPSA) is 140 Å². The van der Waals surface area contributed by atoms with Crippen LogP contribution in [0, 0.1) is 0 Å². The van der Waals surface area contributed by atoms with Gasteiger partial charge in [-0.1, -0.05) is 5.21 Å². The van der Waals surface area contributed by atoms with Crippen LogP contribution in [0.5, 0.6) is 0 Å². The van der Waals surface area contributed by atoms with Crippen molar-refractivity contribution in [2.45, 2.75) is 11.4 Å². The van der Waals surface area contributed by atoms with Gasteiger partial charge in [0.2, 0.25) is 10.0 Å². The Morgan fingerprint density at radius 3 is 2.52 bits per heavy atom. The first kappa shape index (κ1) is 14.9. The molecule has 0 aliphatic heterocycles. The maximum absolute atomic E-state index is 11.1. The molecule has 1 aromatic carbocycles. The summed E-state index contributed by atoms with van der Waals surface area (Å²) in [5.74, 6) is -1.13. The summed E-state index contributed by atoms with van der Waals surface area (Å²) in [7, 11) is -3.69. The Bertz CT molecular complexity index is 738. The van der Waals surface area contributed by atoms with Crippen LogP contribution in [0.1, 0.15) is 10.5 Å². The van der Waals surface area contributed by atoms with E-state index in [1.54, 1.807) is 12.1 Å². The number of primary sulfonamides is 1. The zero-order valence-corrected chi connectivity index (χ0v) is 11.6. The van der Waals surface area contributed by atoms with E-state index in [0.29, 0.717) is 18.8 Å². The van der Waals surface area contributed by atoms with E-state index in [2.05, 4.69) is 15.6 Å². The highest BCUT2D eigenvalue weighted by atomic mass is 32.2. The molecule has 0 spiro atoms. The average Bonchev–Trinajstić information content (AvgIpc) is 2.87. The molecular formula is C11H13N5O4S. The normalized spacial score (nSPS) is 11.3. The Balaban J connectivity index is 1.89. The Hall–Kier alpha value is -2.46. The molecule has 2 rings (SSSR count). The molecule has 0 fully saturated rings. The van der Waals surface area contributed by atoms with Crippen molar-refractivity contribution in [1.29, 1.82) is 0 Å². The largest absolute Gasteiger partial charge is 0.476 e. The van der Waals surface area contributed by atoms with Gasteiger partial charge in [-0.25, -0.2) is 23.0 Å². The van der Waals surface area contributed by atoms with Crippen LogP contribution in [0.2, 0.25) is 0 Å². The quantitative estimate of drug-likeness (QED) is 0.667. The Morgan fingerprint density at radius 1 is 1.33 bits per heavy atom. The lowest BCUT2D eigenvalue weighted by atomic mass is 10.3. The van der Waals surface area contributed by atoms with Gasteiger partial charge in [-0.15, -0.1) is 5.10 Å². The average molecular weight is 311 g/mol. The van der Waals surface area contributed by atoms with Crippen LogP contribution >= 0.6 is 0 Å². The summed E-state index contributed by atoms with van der Waals surface area (Å²) >= 11 is 0. The molecule has 0 saturated carbocycles. The van der Waals surface area contributed by atoms with Crippen molar-refractivity contribution in [2.75, 3.05) is 11.9 Å². The van der Waals surface area contributed by atoms with Gasteiger partial charge in [0.15, 0.2) is 5.69 Å². The van der Waals surface area contributed by atoms with Gasteiger partial charge in [0.05, 0.1) is 17.6 Å². The molecule has 0 saturated heterocycles. The van der Waals surface area contributed by atoms with E-state index in [4.69, 9.17) is 10.2 Å². The zero-order valence-electron chi connectivity index (χ0n) is 10.8. The second-order valence-electron chi connectivity index (χ2n) is 4.17. The number of anilines is 1. The highest BCUT2D eigenvalue weighted by Gasteiger charge is 2.08. The van der Waals surface area contributed by atoms with Crippen LogP contribution in [0.4, 0.5) is 5.69 Å². The van der Waals surface area contributed by atoms with E-state index in [9.17, 15) is 13.2 Å². The fourth-order valence-electron chi connectivity index (χ4n) is 1.58. The van der Waals surface area contributed by atoms with Gasteiger partial charge in [0.1, 0.15) is 0 Å². The molecule has 1 heterocycles. The summed E-state index contributed by atoms with van der Waals surface area (Å²) in [4.78, 5) is 10.7. The number of rotatable bonds is 6. The Morgan fingerprint density at radius 2 is 2.00 bits per heavy atom. The van der Waals surface area contributed by atoms with Crippen LogP contribution in [0.15, 0.2) is 35.4 Å². The van der Waals surface area contributed by atoms with Gasteiger partial charge in [-0.3, -0.25) is 0 Å². The standard InChI is InChI=1S/C11H13N5O4S/c12-21(19,20)9-3-1-8(2-4-9)13-5-6-16-7-10(11(17)18)14-15-16/h1-4,7,13H,5-6H2,(H,17,18)(H2,12,19,20). The highest BCUT2D eigenvalue weighted by Crippen LogP contribution is 2.12. The SMILES string of the molecule is NS(=O)(=O)c1ccc(NCCn2cc(C(=O)O)nn2)cc1. The maximum atomic E-state index is 11.1.